The number of aliphatic hydroxyl groups is 3. The molecular weight excluding hydrogens is 512 g/mol. The Morgan fingerprint density at radius 2 is 1.73 bits per heavy atom. The van der Waals surface area contributed by atoms with Gasteiger partial charge in [0.1, 0.15) is 22.8 Å². The highest BCUT2D eigenvalue weighted by molar-refractivity contribution is 6.25. The fourth-order valence-corrected chi connectivity index (χ4v) is 6.85. The maximum atomic E-state index is 14.1. The molecule has 4 N–H and O–H groups in total. The van der Waals surface area contributed by atoms with Gasteiger partial charge in [-0.15, -0.1) is 0 Å². The van der Waals surface area contributed by atoms with Crippen LogP contribution in [0.1, 0.15) is 63.6 Å². The highest BCUT2D eigenvalue weighted by Crippen LogP contribution is 2.54. The number of aromatic hydroxyl groups is 1. The largest absolute Gasteiger partial charge is 0.508 e. The molecule has 4 atom stereocenters. The molecule has 9 heteroatoms. The van der Waals surface area contributed by atoms with Gasteiger partial charge < -0.3 is 25.3 Å². The van der Waals surface area contributed by atoms with Crippen molar-refractivity contribution in [1.29, 1.82) is 0 Å². The lowest BCUT2D eigenvalue weighted by Gasteiger charge is -2.50. The van der Waals surface area contributed by atoms with Gasteiger partial charge in [0.2, 0.25) is 5.78 Å². The van der Waals surface area contributed by atoms with E-state index in [2.05, 4.69) is 20.8 Å². The van der Waals surface area contributed by atoms with Crippen LogP contribution in [0.4, 0.5) is 5.69 Å². The van der Waals surface area contributed by atoms with Crippen molar-refractivity contribution in [2.45, 2.75) is 71.4 Å². The van der Waals surface area contributed by atoms with E-state index in [1.807, 2.05) is 25.1 Å². The van der Waals surface area contributed by atoms with Crippen molar-refractivity contribution in [2.75, 3.05) is 33.1 Å². The number of Topliss-reactive ketones (excluding diaryl/α,β-unsaturated/α-hetero) is 3. The van der Waals surface area contributed by atoms with E-state index in [1.54, 1.807) is 19.0 Å². The number of fused-ring (bicyclic) bond motifs is 3. The number of aliphatic hydroxyl groups excluding tert-OH is 2. The summed E-state index contributed by atoms with van der Waals surface area (Å²) >= 11 is 0. The van der Waals surface area contributed by atoms with Gasteiger partial charge in [-0.3, -0.25) is 19.3 Å². The van der Waals surface area contributed by atoms with E-state index in [-0.39, 0.29) is 35.1 Å². The van der Waals surface area contributed by atoms with Crippen LogP contribution in [-0.2, 0) is 27.2 Å². The van der Waals surface area contributed by atoms with Gasteiger partial charge in [-0.2, -0.15) is 0 Å². The quantitative estimate of drug-likeness (QED) is 0.389. The summed E-state index contributed by atoms with van der Waals surface area (Å²) < 4.78 is 0. The molecule has 1 saturated carbocycles. The number of likely N-dealkylation sites (N-methyl/N-ethyl adjacent to an activating group) is 1. The number of hydrogen-bond acceptors (Lipinski definition) is 9. The molecule has 4 rings (SSSR count). The van der Waals surface area contributed by atoms with Crippen LogP contribution in [0.2, 0.25) is 0 Å². The minimum atomic E-state index is -2.56. The summed E-state index contributed by atoms with van der Waals surface area (Å²) in [5.41, 5.74) is -0.849. The number of rotatable bonds is 6. The van der Waals surface area contributed by atoms with Crippen LogP contribution < -0.4 is 4.90 Å². The molecule has 0 bridgehead atoms. The smallest absolute Gasteiger partial charge is 0.202 e. The predicted octanol–water partition coefficient (Wildman–Crippen LogP) is 3.50. The van der Waals surface area contributed by atoms with Crippen molar-refractivity contribution in [3.8, 4) is 5.75 Å². The Hall–Kier alpha value is -3.17. The Kier molecular flexibility index (Phi) is 7.47. The SMILES string of the molecule is CC(=O)C1=C(O)[C@@]2(O)C(=O)C3=C(O)c4c(O)c(CCCC(C)(C)C)cc(N(C)C)c4C[C@H]3C[C@H]2C(N(C)C)C1=O. The van der Waals surface area contributed by atoms with E-state index < -0.39 is 57.9 Å². The van der Waals surface area contributed by atoms with Gasteiger partial charge in [0.15, 0.2) is 17.2 Å². The molecular formula is C31H42N2O7. The lowest BCUT2D eigenvalue weighted by atomic mass is 9.57. The van der Waals surface area contributed by atoms with Crippen LogP contribution in [0.5, 0.6) is 5.75 Å². The molecule has 1 aromatic carbocycles. The second-order valence-electron chi connectivity index (χ2n) is 13.2. The summed E-state index contributed by atoms with van der Waals surface area (Å²) in [6.07, 6.45) is 2.70. The number of hydrogen-bond donors (Lipinski definition) is 4. The average molecular weight is 555 g/mol. The topological polar surface area (TPSA) is 139 Å². The van der Waals surface area contributed by atoms with Crippen LogP contribution in [0, 0.1) is 17.3 Å². The van der Waals surface area contributed by atoms with E-state index in [0.29, 0.717) is 17.5 Å². The lowest BCUT2D eigenvalue weighted by Crippen LogP contribution is -2.65. The second-order valence-corrected chi connectivity index (χ2v) is 13.2. The van der Waals surface area contributed by atoms with Crippen molar-refractivity contribution in [3.63, 3.8) is 0 Å². The zero-order valence-electron chi connectivity index (χ0n) is 24.8. The Balaban J connectivity index is 1.91. The number of carbonyl (C=O) groups is 3. The standard InChI is InChI=1S/C31H42N2O7/c1-15(34)21-27(37)24(33(7)8)19-13-17-12-18-20(32(5)6)14-16(10-9-11-30(2,3)4)25(35)23(18)26(36)22(17)29(39)31(19,40)28(21)38/h14,17,19,24,35-36,38,40H,9-13H2,1-8H3/t17-,19-,24?,31+/m0/s1. The van der Waals surface area contributed by atoms with Crippen LogP contribution in [-0.4, -0.2) is 82.5 Å². The Morgan fingerprint density at radius 1 is 1.10 bits per heavy atom. The van der Waals surface area contributed by atoms with E-state index in [0.717, 1.165) is 25.5 Å². The predicted molar refractivity (Wildman–Crippen MR) is 152 cm³/mol. The molecule has 0 aliphatic heterocycles. The molecule has 0 radical (unpaired) electrons. The summed E-state index contributed by atoms with van der Waals surface area (Å²) in [6, 6.07) is 0.900. The maximum absolute atomic E-state index is 14.1. The Labute approximate surface area is 235 Å². The summed E-state index contributed by atoms with van der Waals surface area (Å²) in [5, 5.41) is 45.9. The van der Waals surface area contributed by atoms with Gasteiger partial charge in [-0.1, -0.05) is 20.8 Å². The number of anilines is 1. The zero-order chi connectivity index (χ0) is 30.1. The van der Waals surface area contributed by atoms with E-state index in [1.165, 1.54) is 0 Å². The van der Waals surface area contributed by atoms with Crippen LogP contribution in [0.15, 0.2) is 23.0 Å². The first kappa shape index (κ1) is 29.8. The first-order valence-electron chi connectivity index (χ1n) is 13.8. The van der Waals surface area contributed by atoms with Crippen molar-refractivity contribution in [3.05, 3.63) is 39.7 Å². The number of benzene rings is 1. The Bertz CT molecular complexity index is 1350. The normalized spacial score (nSPS) is 26.6. The molecule has 218 valence electrons. The lowest BCUT2D eigenvalue weighted by molar-refractivity contribution is -0.153. The second kappa shape index (κ2) is 10.0. The minimum absolute atomic E-state index is 0.0978. The third-order valence-corrected chi connectivity index (χ3v) is 8.74. The zero-order valence-corrected chi connectivity index (χ0v) is 24.8. The number of nitrogens with zero attached hydrogens (tertiary/aromatic N) is 2. The number of phenolic OH excluding ortho intramolecular Hbond substituents is 1. The summed E-state index contributed by atoms with van der Waals surface area (Å²) in [4.78, 5) is 43.2. The molecule has 0 heterocycles. The molecule has 0 aromatic heterocycles. The maximum Gasteiger partial charge on any atom is 0.202 e. The van der Waals surface area contributed by atoms with Crippen LogP contribution >= 0.6 is 0 Å². The van der Waals surface area contributed by atoms with Gasteiger partial charge >= 0.3 is 0 Å². The fourth-order valence-electron chi connectivity index (χ4n) is 6.85. The van der Waals surface area contributed by atoms with Gasteiger partial charge in [0.25, 0.3) is 0 Å². The highest BCUT2D eigenvalue weighted by atomic mass is 16.3. The Morgan fingerprint density at radius 3 is 2.25 bits per heavy atom. The summed E-state index contributed by atoms with van der Waals surface area (Å²) in [7, 11) is 6.99. The molecule has 0 spiro atoms. The third kappa shape index (κ3) is 4.53. The molecule has 0 amide bonds. The molecule has 40 heavy (non-hydrogen) atoms. The van der Waals surface area contributed by atoms with Gasteiger partial charge in [-0.25, -0.2) is 0 Å². The number of carbonyl (C=O) groups excluding carboxylic acids is 3. The number of aryl methyl sites for hydroxylation is 1. The third-order valence-electron chi connectivity index (χ3n) is 8.74. The average Bonchev–Trinajstić information content (AvgIpc) is 2.81. The van der Waals surface area contributed by atoms with Crippen molar-refractivity contribution >= 4 is 28.8 Å². The number of ketones is 3. The minimum Gasteiger partial charge on any atom is -0.508 e. The van der Waals surface area contributed by atoms with Crippen molar-refractivity contribution < 1.29 is 34.8 Å². The molecule has 1 unspecified atom stereocenters. The van der Waals surface area contributed by atoms with Gasteiger partial charge in [-0.05, 0) is 81.6 Å². The molecule has 3 aliphatic rings. The summed E-state index contributed by atoms with van der Waals surface area (Å²) in [6.45, 7) is 7.55. The van der Waals surface area contributed by atoms with Crippen LogP contribution in [0.3, 0.4) is 0 Å². The molecule has 0 saturated heterocycles. The molecule has 1 fully saturated rings. The highest BCUT2D eigenvalue weighted by Gasteiger charge is 2.64. The summed E-state index contributed by atoms with van der Waals surface area (Å²) in [5.74, 6) is -5.45. The van der Waals surface area contributed by atoms with Crippen molar-refractivity contribution in [2.24, 2.45) is 17.3 Å². The fraction of sp³-hybridized carbons (Fsp3) is 0.581. The monoisotopic (exact) mass is 554 g/mol. The first-order valence-corrected chi connectivity index (χ1v) is 13.8. The molecule has 1 aromatic rings. The first-order chi connectivity index (χ1) is 18.4. The molecule has 9 nitrogen and oxygen atoms in total. The van der Waals surface area contributed by atoms with Gasteiger partial charge in [0, 0.05) is 31.3 Å². The number of phenols is 1. The van der Waals surface area contributed by atoms with Gasteiger partial charge in [0.05, 0.1) is 11.6 Å². The molecule has 3 aliphatic carbocycles. The van der Waals surface area contributed by atoms with E-state index in [9.17, 15) is 34.8 Å². The van der Waals surface area contributed by atoms with E-state index in [4.69, 9.17) is 0 Å². The van der Waals surface area contributed by atoms with Crippen LogP contribution in [0.25, 0.3) is 5.76 Å². The van der Waals surface area contributed by atoms with E-state index >= 15 is 0 Å². The van der Waals surface area contributed by atoms with Crippen molar-refractivity contribution in [1.82, 2.24) is 4.90 Å².